The second kappa shape index (κ2) is 5.73. The van der Waals surface area contributed by atoms with Gasteiger partial charge in [-0.15, -0.1) is 0 Å². The zero-order valence-electron chi connectivity index (χ0n) is 9.65. The first-order valence-corrected chi connectivity index (χ1v) is 6.88. The number of hydrogen-bond acceptors (Lipinski definition) is 7. The van der Waals surface area contributed by atoms with Gasteiger partial charge in [-0.25, -0.2) is 0 Å². The quantitative estimate of drug-likeness (QED) is 0.394. The molecule has 20 heavy (non-hydrogen) atoms. The molecule has 0 aromatic heterocycles. The van der Waals surface area contributed by atoms with Crippen LogP contribution in [0.2, 0.25) is 5.02 Å². The first-order valence-electron chi connectivity index (χ1n) is 5.10. The van der Waals surface area contributed by atoms with E-state index in [1.165, 1.54) is 6.07 Å². The molecule has 0 saturated carbocycles. The number of rotatable bonds is 3. The van der Waals surface area contributed by atoms with Gasteiger partial charge in [-0.2, -0.15) is 10.1 Å². The second-order valence-electron chi connectivity index (χ2n) is 3.62. The Morgan fingerprint density at radius 1 is 1.60 bits per heavy atom. The molecule has 7 nitrogen and oxygen atoms in total. The van der Waals surface area contributed by atoms with Crippen molar-refractivity contribution in [3.8, 4) is 5.75 Å². The fraction of sp³-hybridized carbons (Fsp3) is 0.100. The molecule has 1 saturated heterocycles. The third-order valence-electron chi connectivity index (χ3n) is 2.32. The Hall–Kier alpha value is -1.71. The van der Waals surface area contributed by atoms with Crippen LogP contribution in [-0.2, 0) is 4.79 Å². The molecule has 1 aromatic carbocycles. The number of halogens is 1. The maximum atomic E-state index is 11.4. The van der Waals surface area contributed by atoms with Crippen LogP contribution in [0.3, 0.4) is 0 Å². The van der Waals surface area contributed by atoms with Crippen molar-refractivity contribution in [3.63, 3.8) is 0 Å². The van der Waals surface area contributed by atoms with Gasteiger partial charge in [0.15, 0.2) is 4.32 Å². The summed E-state index contributed by atoms with van der Waals surface area (Å²) < 4.78 is 0.280. The van der Waals surface area contributed by atoms with Crippen LogP contribution in [0.5, 0.6) is 5.75 Å². The molecule has 1 aromatic rings. The standard InChI is InChI=1S/C10H6ClN3O4S2/c11-6-1-5(9(16)7(2-6)14(17)18)3-12-13-8(15)4-20-10(13)19/h1-3,16H,4H2/b12-3-. The van der Waals surface area contributed by atoms with Crippen LogP contribution in [0.1, 0.15) is 5.56 Å². The molecule has 0 radical (unpaired) electrons. The molecule has 1 fully saturated rings. The van der Waals surface area contributed by atoms with Crippen molar-refractivity contribution in [2.75, 3.05) is 5.75 Å². The average Bonchev–Trinajstić information content (AvgIpc) is 2.69. The van der Waals surface area contributed by atoms with Gasteiger partial charge in [-0.05, 0) is 6.07 Å². The van der Waals surface area contributed by atoms with E-state index >= 15 is 0 Å². The number of amides is 1. The van der Waals surface area contributed by atoms with Crippen molar-refractivity contribution in [3.05, 3.63) is 32.8 Å². The number of hydrogen-bond donors (Lipinski definition) is 1. The largest absolute Gasteiger partial charge is 0.502 e. The van der Waals surface area contributed by atoms with E-state index in [0.717, 1.165) is 29.1 Å². The summed E-state index contributed by atoms with van der Waals surface area (Å²) in [6.45, 7) is 0. The average molecular weight is 332 g/mol. The van der Waals surface area contributed by atoms with Crippen LogP contribution in [-0.4, -0.2) is 37.2 Å². The minimum Gasteiger partial charge on any atom is -0.502 e. The number of aromatic hydroxyl groups is 1. The third kappa shape index (κ3) is 2.89. The minimum atomic E-state index is -0.764. The zero-order chi connectivity index (χ0) is 14.9. The molecule has 0 atom stereocenters. The highest BCUT2D eigenvalue weighted by atomic mass is 35.5. The lowest BCUT2D eigenvalue weighted by atomic mass is 10.2. The molecule has 1 N–H and O–H groups in total. The summed E-state index contributed by atoms with van der Waals surface area (Å²) >= 11 is 11.8. The minimum absolute atomic E-state index is 0.0247. The van der Waals surface area contributed by atoms with Crippen LogP contribution in [0.15, 0.2) is 17.2 Å². The fourth-order valence-electron chi connectivity index (χ4n) is 1.42. The molecular weight excluding hydrogens is 326 g/mol. The van der Waals surface area contributed by atoms with Crippen molar-refractivity contribution >= 4 is 57.7 Å². The highest BCUT2D eigenvalue weighted by Gasteiger charge is 2.26. The van der Waals surface area contributed by atoms with E-state index < -0.39 is 16.4 Å². The summed E-state index contributed by atoms with van der Waals surface area (Å²) in [5.41, 5.74) is -0.514. The van der Waals surface area contributed by atoms with Gasteiger partial charge < -0.3 is 5.11 Å². The van der Waals surface area contributed by atoms with Crippen LogP contribution in [0.25, 0.3) is 0 Å². The van der Waals surface area contributed by atoms with Gasteiger partial charge in [0.05, 0.1) is 16.9 Å². The third-order valence-corrected chi connectivity index (χ3v) is 3.88. The Kier molecular flexibility index (Phi) is 4.21. The van der Waals surface area contributed by atoms with Crippen molar-refractivity contribution in [1.29, 1.82) is 0 Å². The van der Waals surface area contributed by atoms with E-state index in [9.17, 15) is 20.0 Å². The molecule has 1 amide bonds. The molecule has 1 heterocycles. The Morgan fingerprint density at radius 3 is 2.85 bits per heavy atom. The van der Waals surface area contributed by atoms with Crippen molar-refractivity contribution in [2.45, 2.75) is 0 Å². The molecule has 1 aliphatic rings. The number of thioether (sulfide) groups is 1. The van der Waals surface area contributed by atoms with E-state index in [2.05, 4.69) is 5.10 Å². The number of benzene rings is 1. The maximum absolute atomic E-state index is 11.4. The molecule has 104 valence electrons. The number of carbonyl (C=O) groups excluding carboxylic acids is 1. The van der Waals surface area contributed by atoms with Gasteiger partial charge in [0.25, 0.3) is 5.91 Å². The SMILES string of the molecule is O=C1CSC(=S)N1/N=C\c1cc(Cl)cc([N+](=O)[O-])c1O. The number of nitrogens with zero attached hydrogens (tertiary/aromatic N) is 3. The van der Waals surface area contributed by atoms with E-state index in [1.54, 1.807) is 0 Å². The van der Waals surface area contributed by atoms with Crippen molar-refractivity contribution < 1.29 is 14.8 Å². The number of nitro groups is 1. The van der Waals surface area contributed by atoms with Crippen molar-refractivity contribution in [2.24, 2.45) is 5.10 Å². The first-order chi connectivity index (χ1) is 9.40. The lowest BCUT2D eigenvalue weighted by Crippen LogP contribution is -2.22. The smallest absolute Gasteiger partial charge is 0.312 e. The molecule has 0 unspecified atom stereocenters. The van der Waals surface area contributed by atoms with E-state index in [1.807, 2.05) is 0 Å². The number of thiocarbonyl (C=S) groups is 1. The monoisotopic (exact) mass is 331 g/mol. The summed E-state index contributed by atoms with van der Waals surface area (Å²) in [4.78, 5) is 21.4. The molecule has 10 heteroatoms. The zero-order valence-corrected chi connectivity index (χ0v) is 12.0. The van der Waals surface area contributed by atoms with Crippen LogP contribution >= 0.6 is 35.6 Å². The number of phenolic OH excluding ortho intramolecular Hbond substituents is 1. The van der Waals surface area contributed by atoms with Crippen LogP contribution in [0, 0.1) is 10.1 Å². The van der Waals surface area contributed by atoms with Gasteiger partial charge in [-0.1, -0.05) is 35.6 Å². The van der Waals surface area contributed by atoms with Gasteiger partial charge in [0.2, 0.25) is 5.75 Å². The summed E-state index contributed by atoms with van der Waals surface area (Å²) in [7, 11) is 0. The van der Waals surface area contributed by atoms with Gasteiger partial charge in [-0.3, -0.25) is 14.9 Å². The summed E-state index contributed by atoms with van der Waals surface area (Å²) in [6.07, 6.45) is 1.10. The van der Waals surface area contributed by atoms with E-state index in [4.69, 9.17) is 23.8 Å². The number of phenols is 1. The normalized spacial score (nSPS) is 15.3. The predicted octanol–water partition coefficient (Wildman–Crippen LogP) is 2.15. The van der Waals surface area contributed by atoms with E-state index in [-0.39, 0.29) is 26.6 Å². The molecule has 1 aliphatic heterocycles. The summed E-state index contributed by atoms with van der Waals surface area (Å²) in [5.74, 6) is -0.682. The molecule has 2 rings (SSSR count). The summed E-state index contributed by atoms with van der Waals surface area (Å²) in [6, 6.07) is 2.32. The van der Waals surface area contributed by atoms with Gasteiger partial charge in [0, 0.05) is 16.7 Å². The number of hydrazone groups is 1. The highest BCUT2D eigenvalue weighted by molar-refractivity contribution is 8.23. The maximum Gasteiger partial charge on any atom is 0.312 e. The molecule has 0 bridgehead atoms. The summed E-state index contributed by atoms with van der Waals surface area (Å²) in [5, 5.41) is 25.4. The predicted molar refractivity (Wildman–Crippen MR) is 79.3 cm³/mol. The van der Waals surface area contributed by atoms with Gasteiger partial charge in [0.1, 0.15) is 0 Å². The Balaban J connectivity index is 2.36. The van der Waals surface area contributed by atoms with Crippen molar-refractivity contribution in [1.82, 2.24) is 5.01 Å². The Morgan fingerprint density at radius 2 is 2.30 bits per heavy atom. The lowest BCUT2D eigenvalue weighted by Gasteiger charge is -2.07. The Labute approximate surface area is 127 Å². The number of nitro benzene ring substituents is 1. The van der Waals surface area contributed by atoms with Gasteiger partial charge >= 0.3 is 5.69 Å². The number of carbonyl (C=O) groups is 1. The topological polar surface area (TPSA) is 96.0 Å². The second-order valence-corrected chi connectivity index (χ2v) is 5.67. The molecule has 0 spiro atoms. The molecular formula is C10H6ClN3O4S2. The van der Waals surface area contributed by atoms with Crippen LogP contribution in [0.4, 0.5) is 5.69 Å². The first kappa shape index (κ1) is 14.7. The van der Waals surface area contributed by atoms with Crippen LogP contribution < -0.4 is 0 Å². The Bertz CT molecular complexity index is 634. The van der Waals surface area contributed by atoms with E-state index in [0.29, 0.717) is 0 Å². The highest BCUT2D eigenvalue weighted by Crippen LogP contribution is 2.32. The fourth-order valence-corrected chi connectivity index (χ4v) is 2.61. The molecule has 0 aliphatic carbocycles. The lowest BCUT2D eigenvalue weighted by molar-refractivity contribution is -0.385.